The van der Waals surface area contributed by atoms with E-state index in [1.165, 1.54) is 25.3 Å². The summed E-state index contributed by atoms with van der Waals surface area (Å²) in [4.78, 5) is 24.4. The average Bonchev–Trinajstić information content (AvgIpc) is 2.75. The van der Waals surface area contributed by atoms with Crippen molar-refractivity contribution in [2.45, 2.75) is 38.4 Å². The molecule has 2 aliphatic heterocycles. The molecule has 0 aromatic heterocycles. The molecular formula is C17H17F2NO5. The van der Waals surface area contributed by atoms with Gasteiger partial charge in [-0.15, -0.1) is 0 Å². The van der Waals surface area contributed by atoms with E-state index in [2.05, 4.69) is 10.1 Å². The van der Waals surface area contributed by atoms with E-state index in [1.807, 2.05) is 0 Å². The van der Waals surface area contributed by atoms with E-state index in [9.17, 15) is 18.4 Å². The number of alkyl halides is 2. The van der Waals surface area contributed by atoms with Crippen molar-refractivity contribution in [3.05, 3.63) is 35.0 Å². The number of hydrogen-bond acceptors (Lipinski definition) is 5. The number of cyclic esters (lactones) is 1. The van der Waals surface area contributed by atoms with E-state index >= 15 is 0 Å². The Hall–Kier alpha value is -2.64. The van der Waals surface area contributed by atoms with Gasteiger partial charge >= 0.3 is 12.6 Å². The second-order valence-corrected chi connectivity index (χ2v) is 6.28. The number of nitrogens with one attached hydrogen (secondary N) is 1. The summed E-state index contributed by atoms with van der Waals surface area (Å²) in [6.07, 6.45) is 0.0439. The molecule has 1 aromatic carbocycles. The number of carbonyl (C=O) groups excluding carboxylic acids is 2. The van der Waals surface area contributed by atoms with Crippen molar-refractivity contribution >= 4 is 11.9 Å². The third kappa shape index (κ3) is 3.04. The summed E-state index contributed by atoms with van der Waals surface area (Å²) in [7, 11) is 1.32. The van der Waals surface area contributed by atoms with E-state index in [4.69, 9.17) is 9.47 Å². The van der Waals surface area contributed by atoms with Crippen LogP contribution >= 0.6 is 0 Å². The molecule has 0 saturated carbocycles. The van der Waals surface area contributed by atoms with Gasteiger partial charge in [0.05, 0.1) is 18.4 Å². The fourth-order valence-electron chi connectivity index (χ4n) is 3.16. The number of carbonyl (C=O) groups is 2. The average molecular weight is 353 g/mol. The fraction of sp³-hybridized carbons (Fsp3) is 0.412. The molecule has 25 heavy (non-hydrogen) atoms. The zero-order valence-electron chi connectivity index (χ0n) is 13.9. The summed E-state index contributed by atoms with van der Waals surface area (Å²) in [5.41, 5.74) is 0.457. The molecule has 0 bridgehead atoms. The van der Waals surface area contributed by atoms with Crippen LogP contribution < -0.4 is 14.8 Å². The normalized spacial score (nSPS) is 21.8. The predicted molar refractivity (Wildman–Crippen MR) is 82.3 cm³/mol. The van der Waals surface area contributed by atoms with Crippen molar-refractivity contribution in [1.82, 2.24) is 5.32 Å². The molecule has 2 aliphatic rings. The fourth-order valence-corrected chi connectivity index (χ4v) is 3.16. The van der Waals surface area contributed by atoms with Crippen molar-refractivity contribution in [3.63, 3.8) is 0 Å². The molecule has 0 spiro atoms. The first-order valence-corrected chi connectivity index (χ1v) is 7.63. The van der Waals surface area contributed by atoms with Gasteiger partial charge < -0.3 is 19.5 Å². The van der Waals surface area contributed by atoms with Gasteiger partial charge in [-0.3, -0.25) is 4.79 Å². The second-order valence-electron chi connectivity index (χ2n) is 6.28. The van der Waals surface area contributed by atoms with Crippen LogP contribution in [0, 0.1) is 0 Å². The largest absolute Gasteiger partial charge is 0.493 e. The molecule has 6 nitrogen and oxygen atoms in total. The maximum atomic E-state index is 12.5. The maximum Gasteiger partial charge on any atom is 0.387 e. The van der Waals surface area contributed by atoms with Crippen LogP contribution in [0.2, 0.25) is 0 Å². The lowest BCUT2D eigenvalue weighted by molar-refractivity contribution is -0.144. The third-order valence-corrected chi connectivity index (χ3v) is 4.25. The van der Waals surface area contributed by atoms with E-state index in [1.54, 1.807) is 13.8 Å². The molecule has 2 heterocycles. The Labute approximate surface area is 142 Å². The lowest BCUT2D eigenvalue weighted by atomic mass is 9.82. The summed E-state index contributed by atoms with van der Waals surface area (Å²) < 4.78 is 39.8. The Bertz CT molecular complexity index is 772. The molecular weight excluding hydrogens is 336 g/mol. The Morgan fingerprint density at radius 2 is 2.00 bits per heavy atom. The first-order chi connectivity index (χ1) is 11.7. The second kappa shape index (κ2) is 6.02. The molecule has 0 radical (unpaired) electrons. The van der Waals surface area contributed by atoms with E-state index in [0.29, 0.717) is 16.8 Å². The summed E-state index contributed by atoms with van der Waals surface area (Å²) in [6, 6.07) is 4.36. The zero-order chi connectivity index (χ0) is 18.4. The Morgan fingerprint density at radius 3 is 2.64 bits per heavy atom. The van der Waals surface area contributed by atoms with Crippen LogP contribution in [0.4, 0.5) is 8.78 Å². The van der Waals surface area contributed by atoms with Gasteiger partial charge in [0.25, 0.3) is 0 Å². The molecule has 8 heteroatoms. The molecule has 0 fully saturated rings. The minimum atomic E-state index is -2.99. The topological polar surface area (TPSA) is 73.9 Å². The van der Waals surface area contributed by atoms with Crippen molar-refractivity contribution in [2.75, 3.05) is 7.11 Å². The van der Waals surface area contributed by atoms with Crippen LogP contribution in [0.15, 0.2) is 29.5 Å². The van der Waals surface area contributed by atoms with Gasteiger partial charge in [-0.05, 0) is 31.5 Å². The number of esters is 1. The summed E-state index contributed by atoms with van der Waals surface area (Å²) in [5.74, 6) is -1.33. The highest BCUT2D eigenvalue weighted by Crippen LogP contribution is 2.44. The van der Waals surface area contributed by atoms with Crippen molar-refractivity contribution in [3.8, 4) is 11.5 Å². The monoisotopic (exact) mass is 353 g/mol. The SMILES string of the molecule is COc1cc(C2CC(=O)NC3=C2C(=O)OC3(C)C)ccc1OC(F)F. The third-order valence-electron chi connectivity index (χ3n) is 4.25. The number of halogens is 2. The van der Waals surface area contributed by atoms with Gasteiger partial charge in [0.2, 0.25) is 5.91 Å². The molecule has 1 N–H and O–H groups in total. The quantitative estimate of drug-likeness (QED) is 0.842. The van der Waals surface area contributed by atoms with Crippen LogP contribution in [-0.4, -0.2) is 31.2 Å². The van der Waals surface area contributed by atoms with E-state index in [0.717, 1.165) is 0 Å². The lowest BCUT2D eigenvalue weighted by Gasteiger charge is -2.27. The zero-order valence-corrected chi connectivity index (χ0v) is 13.9. The van der Waals surface area contributed by atoms with Gasteiger partial charge in [-0.2, -0.15) is 8.78 Å². The number of rotatable bonds is 4. The van der Waals surface area contributed by atoms with Gasteiger partial charge in [-0.25, -0.2) is 4.79 Å². The van der Waals surface area contributed by atoms with Crippen molar-refractivity contribution < 1.29 is 32.6 Å². The minimum Gasteiger partial charge on any atom is -0.493 e. The van der Waals surface area contributed by atoms with E-state index in [-0.39, 0.29) is 23.8 Å². The number of benzene rings is 1. The summed E-state index contributed by atoms with van der Waals surface area (Å²) >= 11 is 0. The Balaban J connectivity index is 2.05. The summed E-state index contributed by atoms with van der Waals surface area (Å²) in [6.45, 7) is 0.395. The van der Waals surface area contributed by atoms with Gasteiger partial charge in [0, 0.05) is 12.3 Å². The molecule has 1 aromatic rings. The standard InChI is InChI=1S/C17H17F2NO5/c1-17(2)14-13(15(22)25-17)9(7-12(21)20-14)8-4-5-10(24-16(18)19)11(6-8)23-3/h4-6,9,16H,7H2,1-3H3,(H,20,21). The Morgan fingerprint density at radius 1 is 1.28 bits per heavy atom. The molecule has 1 amide bonds. The van der Waals surface area contributed by atoms with Crippen LogP contribution in [0.1, 0.15) is 31.7 Å². The Kier molecular flexibility index (Phi) is 4.14. The van der Waals surface area contributed by atoms with Crippen molar-refractivity contribution in [1.29, 1.82) is 0 Å². The molecule has 1 unspecified atom stereocenters. The number of amides is 1. The van der Waals surface area contributed by atoms with Crippen LogP contribution in [0.25, 0.3) is 0 Å². The molecule has 3 rings (SSSR count). The first-order valence-electron chi connectivity index (χ1n) is 7.63. The number of ether oxygens (including phenoxy) is 3. The lowest BCUT2D eigenvalue weighted by Crippen LogP contribution is -2.38. The molecule has 1 atom stereocenters. The highest BCUT2D eigenvalue weighted by atomic mass is 19.3. The van der Waals surface area contributed by atoms with Crippen LogP contribution in [0.3, 0.4) is 0 Å². The molecule has 134 valence electrons. The van der Waals surface area contributed by atoms with E-state index < -0.39 is 24.1 Å². The first kappa shape index (κ1) is 17.2. The highest BCUT2D eigenvalue weighted by Gasteiger charge is 2.47. The molecule has 0 saturated heterocycles. The van der Waals surface area contributed by atoms with Crippen LogP contribution in [-0.2, 0) is 14.3 Å². The predicted octanol–water partition coefficient (Wildman–Crippen LogP) is 2.49. The van der Waals surface area contributed by atoms with Crippen LogP contribution in [0.5, 0.6) is 11.5 Å². The highest BCUT2D eigenvalue weighted by molar-refractivity contribution is 5.99. The minimum absolute atomic E-state index is 0.0439. The van der Waals surface area contributed by atoms with Gasteiger partial charge in [0.15, 0.2) is 11.5 Å². The van der Waals surface area contributed by atoms with Crippen molar-refractivity contribution in [2.24, 2.45) is 0 Å². The molecule has 0 aliphatic carbocycles. The van der Waals surface area contributed by atoms with Gasteiger partial charge in [-0.1, -0.05) is 6.07 Å². The number of hydrogen-bond donors (Lipinski definition) is 1. The maximum absolute atomic E-state index is 12.5. The summed E-state index contributed by atoms with van der Waals surface area (Å²) in [5, 5.41) is 2.70. The van der Waals surface area contributed by atoms with Gasteiger partial charge in [0.1, 0.15) is 5.60 Å². The number of methoxy groups -OCH3 is 1. The smallest absolute Gasteiger partial charge is 0.387 e.